The summed E-state index contributed by atoms with van der Waals surface area (Å²) in [7, 11) is 0. The number of carboxylic acid groups (broad SMARTS) is 1. The molecule has 1 unspecified atom stereocenters. The minimum Gasteiger partial charge on any atom is -0.481 e. The molecule has 0 radical (unpaired) electrons. The number of H-pyrrole nitrogens is 1. The summed E-state index contributed by atoms with van der Waals surface area (Å²) < 4.78 is 0. The summed E-state index contributed by atoms with van der Waals surface area (Å²) in [4.78, 5) is 29.2. The molecule has 7 nitrogen and oxygen atoms in total. The van der Waals surface area contributed by atoms with Crippen LogP contribution in [0.5, 0.6) is 0 Å². The van der Waals surface area contributed by atoms with Crippen molar-refractivity contribution in [1.82, 2.24) is 9.97 Å². The number of carbonyl (C=O) groups is 2. The molecule has 1 aromatic carbocycles. The Hall–Kier alpha value is -2.41. The number of hydrogen-bond donors (Lipinski definition) is 4. The molecular weight excluding hydrogens is 248 g/mol. The van der Waals surface area contributed by atoms with Gasteiger partial charge in [0.25, 0.3) is 0 Å². The van der Waals surface area contributed by atoms with Crippen molar-refractivity contribution in [1.29, 1.82) is 0 Å². The topological polar surface area (TPSA) is 121 Å². The van der Waals surface area contributed by atoms with Gasteiger partial charge in [-0.25, -0.2) is 4.98 Å². The van der Waals surface area contributed by atoms with Crippen LogP contribution < -0.4 is 11.1 Å². The number of para-hydroxylation sites is 2. The van der Waals surface area contributed by atoms with E-state index in [1.807, 2.05) is 24.3 Å². The molecule has 1 aromatic heterocycles. The first kappa shape index (κ1) is 13.0. The van der Waals surface area contributed by atoms with Crippen LogP contribution in [-0.4, -0.2) is 33.0 Å². The van der Waals surface area contributed by atoms with E-state index in [4.69, 9.17) is 10.8 Å². The van der Waals surface area contributed by atoms with Crippen LogP contribution in [0.15, 0.2) is 24.3 Å². The van der Waals surface area contributed by atoms with Gasteiger partial charge in [-0.3, -0.25) is 14.9 Å². The number of hydrogen-bond acceptors (Lipinski definition) is 4. The zero-order valence-corrected chi connectivity index (χ0v) is 10.1. The zero-order valence-electron chi connectivity index (χ0n) is 10.1. The molecule has 2 rings (SSSR count). The second-order valence-corrected chi connectivity index (χ2v) is 4.13. The van der Waals surface area contributed by atoms with Crippen molar-refractivity contribution in [3.05, 3.63) is 24.3 Å². The molecule has 0 spiro atoms. The lowest BCUT2D eigenvalue weighted by Gasteiger charge is -2.08. The van der Waals surface area contributed by atoms with Crippen LogP contribution >= 0.6 is 0 Å². The van der Waals surface area contributed by atoms with Gasteiger partial charge in [-0.15, -0.1) is 0 Å². The van der Waals surface area contributed by atoms with Crippen molar-refractivity contribution < 1.29 is 14.7 Å². The summed E-state index contributed by atoms with van der Waals surface area (Å²) in [5, 5.41) is 11.1. The molecule has 19 heavy (non-hydrogen) atoms. The molecule has 5 N–H and O–H groups in total. The van der Waals surface area contributed by atoms with Gasteiger partial charge in [-0.2, -0.15) is 0 Å². The van der Waals surface area contributed by atoms with Crippen molar-refractivity contribution in [2.75, 3.05) is 5.32 Å². The lowest BCUT2D eigenvalue weighted by atomic mass is 10.1. The van der Waals surface area contributed by atoms with E-state index >= 15 is 0 Å². The fourth-order valence-corrected chi connectivity index (χ4v) is 1.63. The Morgan fingerprint density at radius 1 is 1.42 bits per heavy atom. The fourth-order valence-electron chi connectivity index (χ4n) is 1.63. The number of aromatic nitrogens is 2. The highest BCUT2D eigenvalue weighted by molar-refractivity contribution is 5.94. The number of rotatable bonds is 5. The predicted octanol–water partition coefficient (Wildman–Crippen LogP) is 0.693. The summed E-state index contributed by atoms with van der Waals surface area (Å²) >= 11 is 0. The summed E-state index contributed by atoms with van der Waals surface area (Å²) in [6, 6.07) is 6.47. The molecule has 0 saturated heterocycles. The van der Waals surface area contributed by atoms with E-state index in [-0.39, 0.29) is 12.8 Å². The molecule has 0 aliphatic rings. The number of fused-ring (bicyclic) bond motifs is 1. The van der Waals surface area contributed by atoms with E-state index in [1.54, 1.807) is 0 Å². The molecule has 0 aliphatic heterocycles. The van der Waals surface area contributed by atoms with E-state index in [0.29, 0.717) is 5.95 Å². The third-order valence-corrected chi connectivity index (χ3v) is 2.64. The van der Waals surface area contributed by atoms with Gasteiger partial charge in [0, 0.05) is 6.42 Å². The number of carbonyl (C=O) groups excluding carboxylic acids is 1. The van der Waals surface area contributed by atoms with Crippen molar-refractivity contribution in [3.8, 4) is 0 Å². The minimum atomic E-state index is -0.980. The Labute approximate surface area is 108 Å². The molecule has 7 heteroatoms. The van der Waals surface area contributed by atoms with Crippen LogP contribution in [0.3, 0.4) is 0 Å². The number of nitrogens with zero attached hydrogens (tertiary/aromatic N) is 1. The normalized spacial score (nSPS) is 12.3. The number of amides is 1. The second-order valence-electron chi connectivity index (χ2n) is 4.13. The summed E-state index contributed by atoms with van der Waals surface area (Å²) in [6.45, 7) is 0. The van der Waals surface area contributed by atoms with Crippen LogP contribution in [-0.2, 0) is 9.59 Å². The molecule has 2 aromatic rings. The van der Waals surface area contributed by atoms with Crippen molar-refractivity contribution in [2.45, 2.75) is 18.9 Å². The zero-order chi connectivity index (χ0) is 13.8. The van der Waals surface area contributed by atoms with E-state index in [1.165, 1.54) is 0 Å². The Kier molecular flexibility index (Phi) is 3.76. The summed E-state index contributed by atoms with van der Waals surface area (Å²) in [5.74, 6) is -1.13. The highest BCUT2D eigenvalue weighted by Crippen LogP contribution is 2.13. The standard InChI is InChI=1S/C12H14N4O3/c13-7(5-6-10(17)18)11(19)16-12-14-8-3-1-2-4-9(8)15-12/h1-4,7H,5-6,13H2,(H,17,18)(H2,14,15,16,19). The van der Waals surface area contributed by atoms with Crippen LogP contribution in [0, 0.1) is 0 Å². The first-order valence-corrected chi connectivity index (χ1v) is 5.79. The number of aromatic amines is 1. The fraction of sp³-hybridized carbons (Fsp3) is 0.250. The quantitative estimate of drug-likeness (QED) is 0.631. The predicted molar refractivity (Wildman–Crippen MR) is 69.6 cm³/mol. The number of anilines is 1. The number of imidazole rings is 1. The maximum absolute atomic E-state index is 11.7. The van der Waals surface area contributed by atoms with E-state index in [2.05, 4.69) is 15.3 Å². The third kappa shape index (κ3) is 3.29. The maximum Gasteiger partial charge on any atom is 0.303 e. The molecule has 100 valence electrons. The Balaban J connectivity index is 2.00. The number of aliphatic carboxylic acids is 1. The molecule has 1 heterocycles. The van der Waals surface area contributed by atoms with Crippen LogP contribution in [0.25, 0.3) is 11.0 Å². The molecule has 1 amide bonds. The molecule has 0 fully saturated rings. The number of nitrogens with two attached hydrogens (primary N) is 1. The monoisotopic (exact) mass is 262 g/mol. The Morgan fingerprint density at radius 3 is 2.84 bits per heavy atom. The van der Waals surface area contributed by atoms with E-state index in [9.17, 15) is 9.59 Å². The largest absolute Gasteiger partial charge is 0.481 e. The molecular formula is C12H14N4O3. The Bertz CT molecular complexity index is 575. The highest BCUT2D eigenvalue weighted by atomic mass is 16.4. The van der Waals surface area contributed by atoms with Gasteiger partial charge in [0.05, 0.1) is 17.1 Å². The molecule has 0 aliphatic carbocycles. The summed E-state index contributed by atoms with van der Waals surface area (Å²) in [5.41, 5.74) is 7.13. The summed E-state index contributed by atoms with van der Waals surface area (Å²) in [6.07, 6.45) is -0.0594. The lowest BCUT2D eigenvalue weighted by Crippen LogP contribution is -2.36. The van der Waals surface area contributed by atoms with Crippen LogP contribution in [0.1, 0.15) is 12.8 Å². The second kappa shape index (κ2) is 5.49. The lowest BCUT2D eigenvalue weighted by molar-refractivity contribution is -0.137. The average Bonchev–Trinajstić information content (AvgIpc) is 2.77. The van der Waals surface area contributed by atoms with E-state index < -0.39 is 17.9 Å². The van der Waals surface area contributed by atoms with Gasteiger partial charge >= 0.3 is 5.97 Å². The van der Waals surface area contributed by atoms with Crippen LogP contribution in [0.2, 0.25) is 0 Å². The molecule has 0 bridgehead atoms. The average molecular weight is 262 g/mol. The van der Waals surface area contributed by atoms with E-state index in [0.717, 1.165) is 11.0 Å². The minimum absolute atomic E-state index is 0.0847. The first-order chi connectivity index (χ1) is 9.06. The first-order valence-electron chi connectivity index (χ1n) is 5.79. The van der Waals surface area contributed by atoms with Crippen molar-refractivity contribution in [3.63, 3.8) is 0 Å². The van der Waals surface area contributed by atoms with Gasteiger partial charge in [-0.1, -0.05) is 12.1 Å². The van der Waals surface area contributed by atoms with Gasteiger partial charge in [0.1, 0.15) is 0 Å². The smallest absolute Gasteiger partial charge is 0.303 e. The SMILES string of the molecule is NC(CCC(=O)O)C(=O)Nc1nc2ccccc2[nH]1. The molecule has 1 atom stereocenters. The Morgan fingerprint density at radius 2 is 2.16 bits per heavy atom. The number of carboxylic acids is 1. The van der Waals surface area contributed by atoms with Crippen LogP contribution in [0.4, 0.5) is 5.95 Å². The maximum atomic E-state index is 11.7. The third-order valence-electron chi connectivity index (χ3n) is 2.64. The van der Waals surface area contributed by atoms with Crippen molar-refractivity contribution in [2.24, 2.45) is 5.73 Å². The highest BCUT2D eigenvalue weighted by Gasteiger charge is 2.16. The number of nitrogens with one attached hydrogen (secondary N) is 2. The van der Waals surface area contributed by atoms with Gasteiger partial charge in [0.2, 0.25) is 11.9 Å². The van der Waals surface area contributed by atoms with Gasteiger partial charge in [-0.05, 0) is 18.6 Å². The number of benzene rings is 1. The van der Waals surface area contributed by atoms with Crippen molar-refractivity contribution >= 4 is 28.9 Å². The molecule has 0 saturated carbocycles. The van der Waals surface area contributed by atoms with Gasteiger partial charge < -0.3 is 15.8 Å². The van der Waals surface area contributed by atoms with Gasteiger partial charge in [0.15, 0.2) is 0 Å².